The standard InChI is InChI=1S/C20H20F3N5O2S/c1-13-4-6-14(7-5-13)17-26-27-19(31)28(17)10-8-16(29)25-11-15-3-2-9-24-18(15)30-12-20(21,22)23/h2-7,9H,8,10-12H2,1H3,(H,25,29)(H,27,31). The van der Waals surface area contributed by atoms with E-state index in [1.807, 2.05) is 31.2 Å². The van der Waals surface area contributed by atoms with Gasteiger partial charge in [0.15, 0.2) is 17.2 Å². The monoisotopic (exact) mass is 451 g/mol. The molecule has 1 aromatic carbocycles. The summed E-state index contributed by atoms with van der Waals surface area (Å²) in [5.41, 5.74) is 2.32. The van der Waals surface area contributed by atoms with Gasteiger partial charge >= 0.3 is 6.18 Å². The number of hydrogen-bond donors (Lipinski definition) is 2. The van der Waals surface area contributed by atoms with Crippen molar-refractivity contribution >= 4 is 18.1 Å². The van der Waals surface area contributed by atoms with Crippen LogP contribution in [0.4, 0.5) is 13.2 Å². The van der Waals surface area contributed by atoms with Gasteiger partial charge in [-0.1, -0.05) is 35.9 Å². The van der Waals surface area contributed by atoms with Crippen LogP contribution in [0.5, 0.6) is 5.88 Å². The number of carbonyl (C=O) groups is 1. The Bertz CT molecular complexity index is 1090. The topological polar surface area (TPSA) is 84.8 Å². The summed E-state index contributed by atoms with van der Waals surface area (Å²) in [5, 5.41) is 9.64. The third-order valence-electron chi connectivity index (χ3n) is 4.33. The maximum absolute atomic E-state index is 12.4. The van der Waals surface area contributed by atoms with E-state index < -0.39 is 12.8 Å². The number of nitrogens with zero attached hydrogens (tertiary/aromatic N) is 3. The van der Waals surface area contributed by atoms with Gasteiger partial charge in [-0.2, -0.15) is 18.3 Å². The molecule has 2 heterocycles. The number of carbonyl (C=O) groups excluding carboxylic acids is 1. The average Bonchev–Trinajstić information content (AvgIpc) is 3.10. The molecule has 164 valence electrons. The molecule has 0 fully saturated rings. The number of halogens is 3. The number of aromatic nitrogens is 4. The Morgan fingerprint density at radius 2 is 2.00 bits per heavy atom. The molecule has 3 rings (SSSR count). The molecule has 0 bridgehead atoms. The molecule has 1 amide bonds. The van der Waals surface area contributed by atoms with Crippen LogP contribution in [0.1, 0.15) is 17.5 Å². The molecule has 3 aromatic rings. The van der Waals surface area contributed by atoms with Crippen molar-refractivity contribution in [2.24, 2.45) is 0 Å². The summed E-state index contributed by atoms with van der Waals surface area (Å²) in [6, 6.07) is 10.8. The van der Waals surface area contributed by atoms with Crippen molar-refractivity contribution in [3.05, 3.63) is 58.5 Å². The second kappa shape index (κ2) is 9.73. The lowest BCUT2D eigenvalue weighted by Gasteiger charge is -2.12. The number of amides is 1. The van der Waals surface area contributed by atoms with Crippen LogP contribution >= 0.6 is 12.2 Å². The normalized spacial score (nSPS) is 11.4. The first kappa shape index (κ1) is 22.5. The Labute approximate surface area is 181 Å². The number of pyridine rings is 1. The fourth-order valence-electron chi connectivity index (χ4n) is 2.78. The molecule has 0 saturated heterocycles. The molecular formula is C20H20F3N5O2S. The molecule has 0 radical (unpaired) electrons. The number of aromatic amines is 1. The lowest BCUT2D eigenvalue weighted by Crippen LogP contribution is -2.25. The van der Waals surface area contributed by atoms with Gasteiger partial charge in [0.25, 0.3) is 0 Å². The zero-order chi connectivity index (χ0) is 22.4. The fraction of sp³-hybridized carbons (Fsp3) is 0.300. The molecule has 0 unspecified atom stereocenters. The zero-order valence-corrected chi connectivity index (χ0v) is 17.4. The van der Waals surface area contributed by atoms with Gasteiger partial charge in [-0.3, -0.25) is 14.5 Å². The summed E-state index contributed by atoms with van der Waals surface area (Å²) in [5.74, 6) is 0.148. The Morgan fingerprint density at radius 1 is 1.26 bits per heavy atom. The Morgan fingerprint density at radius 3 is 2.71 bits per heavy atom. The van der Waals surface area contributed by atoms with Crippen LogP contribution in [0.2, 0.25) is 0 Å². The SMILES string of the molecule is Cc1ccc(-c2n[nH]c(=S)n2CCC(=O)NCc2cccnc2OCC(F)(F)F)cc1. The van der Waals surface area contributed by atoms with Gasteiger partial charge < -0.3 is 10.1 Å². The van der Waals surface area contributed by atoms with Gasteiger partial charge in [-0.15, -0.1) is 0 Å². The number of alkyl halides is 3. The first-order valence-electron chi connectivity index (χ1n) is 9.35. The molecule has 0 aliphatic heterocycles. The van der Waals surface area contributed by atoms with Crippen molar-refractivity contribution in [2.75, 3.05) is 6.61 Å². The first-order chi connectivity index (χ1) is 14.7. The number of ether oxygens (including phenoxy) is 1. The summed E-state index contributed by atoms with van der Waals surface area (Å²) in [4.78, 5) is 16.1. The zero-order valence-electron chi connectivity index (χ0n) is 16.6. The molecule has 0 spiro atoms. The summed E-state index contributed by atoms with van der Waals surface area (Å²) >= 11 is 5.26. The summed E-state index contributed by atoms with van der Waals surface area (Å²) in [6.45, 7) is 0.800. The minimum absolute atomic E-state index is 0.0124. The highest BCUT2D eigenvalue weighted by Gasteiger charge is 2.29. The van der Waals surface area contributed by atoms with E-state index in [2.05, 4.69) is 20.5 Å². The maximum Gasteiger partial charge on any atom is 0.422 e. The van der Waals surface area contributed by atoms with Gasteiger partial charge in [-0.05, 0) is 25.2 Å². The van der Waals surface area contributed by atoms with Gasteiger partial charge in [0.05, 0.1) is 0 Å². The first-order valence-corrected chi connectivity index (χ1v) is 9.76. The van der Waals surface area contributed by atoms with Crippen LogP contribution in [0.3, 0.4) is 0 Å². The number of hydrogen-bond acceptors (Lipinski definition) is 5. The number of aryl methyl sites for hydroxylation is 1. The molecular weight excluding hydrogens is 431 g/mol. The van der Waals surface area contributed by atoms with Gasteiger partial charge in [0.2, 0.25) is 11.8 Å². The van der Waals surface area contributed by atoms with Crippen molar-refractivity contribution < 1.29 is 22.7 Å². The van der Waals surface area contributed by atoms with Gasteiger partial charge in [0.1, 0.15) is 0 Å². The minimum Gasteiger partial charge on any atom is -0.468 e. The fourth-order valence-corrected chi connectivity index (χ4v) is 3.01. The highest BCUT2D eigenvalue weighted by atomic mass is 32.1. The minimum atomic E-state index is -4.48. The van der Waals surface area contributed by atoms with Crippen molar-refractivity contribution in [3.8, 4) is 17.3 Å². The van der Waals surface area contributed by atoms with Crippen LogP contribution in [0, 0.1) is 11.7 Å². The lowest BCUT2D eigenvalue weighted by atomic mass is 10.1. The number of rotatable bonds is 8. The Balaban J connectivity index is 1.59. The van der Waals surface area contributed by atoms with Crippen molar-refractivity contribution in [2.45, 2.75) is 32.6 Å². The van der Waals surface area contributed by atoms with E-state index in [9.17, 15) is 18.0 Å². The molecule has 0 aliphatic rings. The van der Waals surface area contributed by atoms with Crippen LogP contribution in [-0.2, 0) is 17.9 Å². The van der Waals surface area contributed by atoms with E-state index >= 15 is 0 Å². The molecule has 0 atom stereocenters. The molecule has 2 aromatic heterocycles. The van der Waals surface area contributed by atoms with Crippen molar-refractivity contribution in [3.63, 3.8) is 0 Å². The second-order valence-corrected chi connectivity index (χ2v) is 7.15. The van der Waals surface area contributed by atoms with E-state index in [1.54, 1.807) is 16.7 Å². The number of benzene rings is 1. The van der Waals surface area contributed by atoms with E-state index in [4.69, 9.17) is 17.0 Å². The van der Waals surface area contributed by atoms with E-state index in [1.165, 1.54) is 6.20 Å². The second-order valence-electron chi connectivity index (χ2n) is 6.77. The molecule has 11 heteroatoms. The Hall–Kier alpha value is -3.21. The highest BCUT2D eigenvalue weighted by molar-refractivity contribution is 7.71. The van der Waals surface area contributed by atoms with Crippen LogP contribution < -0.4 is 10.1 Å². The third-order valence-corrected chi connectivity index (χ3v) is 4.64. The Kier molecular flexibility index (Phi) is 7.06. The van der Waals surface area contributed by atoms with Crippen LogP contribution in [-0.4, -0.2) is 38.4 Å². The van der Waals surface area contributed by atoms with Crippen LogP contribution in [0.15, 0.2) is 42.6 Å². The van der Waals surface area contributed by atoms with Crippen molar-refractivity contribution in [1.29, 1.82) is 0 Å². The van der Waals surface area contributed by atoms with E-state index in [0.29, 0.717) is 16.2 Å². The smallest absolute Gasteiger partial charge is 0.422 e. The average molecular weight is 451 g/mol. The maximum atomic E-state index is 12.4. The summed E-state index contributed by atoms with van der Waals surface area (Å²) in [6.07, 6.45) is -3.05. The quantitative estimate of drug-likeness (QED) is 0.507. The molecule has 0 saturated carbocycles. The van der Waals surface area contributed by atoms with Crippen LogP contribution in [0.25, 0.3) is 11.4 Å². The molecule has 7 nitrogen and oxygen atoms in total. The van der Waals surface area contributed by atoms with E-state index in [-0.39, 0.29) is 31.3 Å². The third kappa shape index (κ3) is 6.38. The highest BCUT2D eigenvalue weighted by Crippen LogP contribution is 2.20. The summed E-state index contributed by atoms with van der Waals surface area (Å²) in [7, 11) is 0. The molecule has 2 N–H and O–H groups in total. The largest absolute Gasteiger partial charge is 0.468 e. The summed E-state index contributed by atoms with van der Waals surface area (Å²) < 4.78 is 44.0. The molecule has 31 heavy (non-hydrogen) atoms. The van der Waals surface area contributed by atoms with Gasteiger partial charge in [0, 0.05) is 36.8 Å². The van der Waals surface area contributed by atoms with E-state index in [0.717, 1.165) is 11.1 Å². The lowest BCUT2D eigenvalue weighted by molar-refractivity contribution is -0.154. The van der Waals surface area contributed by atoms with Crippen molar-refractivity contribution in [1.82, 2.24) is 25.1 Å². The molecule has 0 aliphatic carbocycles. The predicted octanol–water partition coefficient (Wildman–Crippen LogP) is 3.96. The van der Waals surface area contributed by atoms with Gasteiger partial charge in [-0.25, -0.2) is 4.98 Å². The number of H-pyrrole nitrogens is 1. The number of nitrogens with one attached hydrogen (secondary N) is 2. The predicted molar refractivity (Wildman–Crippen MR) is 110 cm³/mol.